The molecule has 2 rings (SSSR count). The zero-order chi connectivity index (χ0) is 10.1. The number of halogens is 1. The number of ether oxygens (including phenoxy) is 1. The first-order valence-corrected chi connectivity index (χ1v) is 5.15. The smallest absolute Gasteiger partial charge is 0.407 e. The van der Waals surface area contributed by atoms with Crippen LogP contribution in [0.3, 0.4) is 0 Å². The Kier molecular flexibility index (Phi) is 2.46. The van der Waals surface area contributed by atoms with E-state index in [2.05, 4.69) is 21.2 Å². The number of benzene rings is 1. The number of amides is 1. The van der Waals surface area contributed by atoms with Crippen LogP contribution >= 0.6 is 15.9 Å². The molecule has 14 heavy (non-hydrogen) atoms. The Labute approximate surface area is 90.6 Å². The Balaban J connectivity index is 2.31. The molecule has 1 aliphatic rings. The van der Waals surface area contributed by atoms with Crippen LogP contribution in [0.2, 0.25) is 0 Å². The molecule has 1 N–H and O–H groups in total. The third-order valence-corrected chi connectivity index (χ3v) is 2.78. The molecular formula is C10H10BrNO2. The molecule has 1 heterocycles. The normalized spacial score (nSPS) is 20.4. The Morgan fingerprint density at radius 2 is 2.36 bits per heavy atom. The van der Waals surface area contributed by atoms with Crippen molar-refractivity contribution in [3.8, 4) is 0 Å². The van der Waals surface area contributed by atoms with Crippen molar-refractivity contribution in [1.29, 1.82) is 0 Å². The van der Waals surface area contributed by atoms with Gasteiger partial charge in [-0.15, -0.1) is 0 Å². The molecule has 1 aromatic carbocycles. The molecular weight excluding hydrogens is 246 g/mol. The van der Waals surface area contributed by atoms with Gasteiger partial charge in [-0.1, -0.05) is 22.0 Å². The van der Waals surface area contributed by atoms with Crippen molar-refractivity contribution in [2.75, 3.05) is 6.61 Å². The predicted molar refractivity (Wildman–Crippen MR) is 56.1 cm³/mol. The summed E-state index contributed by atoms with van der Waals surface area (Å²) in [4.78, 5) is 10.9. The number of carbonyl (C=O) groups is 1. The summed E-state index contributed by atoms with van der Waals surface area (Å²) in [6.45, 7) is 2.43. The van der Waals surface area contributed by atoms with Gasteiger partial charge in [0, 0.05) is 4.47 Å². The van der Waals surface area contributed by atoms with E-state index in [9.17, 15) is 4.79 Å². The molecule has 0 saturated carbocycles. The van der Waals surface area contributed by atoms with E-state index < -0.39 is 0 Å². The summed E-state index contributed by atoms with van der Waals surface area (Å²) in [5.41, 5.74) is 2.26. The van der Waals surface area contributed by atoms with Gasteiger partial charge in [-0.25, -0.2) is 4.79 Å². The van der Waals surface area contributed by atoms with Crippen LogP contribution in [0.5, 0.6) is 0 Å². The number of rotatable bonds is 1. The van der Waals surface area contributed by atoms with E-state index in [4.69, 9.17) is 4.74 Å². The zero-order valence-corrected chi connectivity index (χ0v) is 9.30. The number of alkyl carbamates (subject to hydrolysis) is 1. The lowest BCUT2D eigenvalue weighted by molar-refractivity contribution is 0.177. The minimum atomic E-state index is -0.339. The van der Waals surface area contributed by atoms with E-state index in [0.29, 0.717) is 6.61 Å². The molecule has 3 nitrogen and oxygen atoms in total. The van der Waals surface area contributed by atoms with Crippen molar-refractivity contribution in [2.24, 2.45) is 0 Å². The Hall–Kier alpha value is -1.03. The Morgan fingerprint density at radius 1 is 1.57 bits per heavy atom. The largest absolute Gasteiger partial charge is 0.447 e. The molecule has 74 valence electrons. The molecule has 1 aliphatic heterocycles. The average Bonchev–Trinajstić information content (AvgIpc) is 2.56. The molecule has 1 saturated heterocycles. The molecule has 0 unspecified atom stereocenters. The first kappa shape index (κ1) is 9.52. The van der Waals surface area contributed by atoms with Crippen LogP contribution in [0.25, 0.3) is 0 Å². The van der Waals surface area contributed by atoms with Gasteiger partial charge >= 0.3 is 6.09 Å². The highest BCUT2D eigenvalue weighted by Gasteiger charge is 2.24. The second kappa shape index (κ2) is 3.61. The van der Waals surface area contributed by atoms with Crippen LogP contribution in [0.1, 0.15) is 17.2 Å². The summed E-state index contributed by atoms with van der Waals surface area (Å²) in [5, 5.41) is 2.76. The van der Waals surface area contributed by atoms with Crippen LogP contribution in [0.15, 0.2) is 22.7 Å². The van der Waals surface area contributed by atoms with Gasteiger partial charge in [-0.3, -0.25) is 0 Å². The van der Waals surface area contributed by atoms with Crippen LogP contribution in [0.4, 0.5) is 4.79 Å². The van der Waals surface area contributed by atoms with Crippen LogP contribution in [-0.2, 0) is 4.74 Å². The van der Waals surface area contributed by atoms with Gasteiger partial charge in [0.25, 0.3) is 0 Å². The predicted octanol–water partition coefficient (Wildman–Crippen LogP) is 2.54. The second-order valence-corrected chi connectivity index (χ2v) is 4.21. The standard InChI is InChI=1S/C10H10BrNO2/c1-6-2-3-7(11)4-8(6)9-5-14-10(13)12-9/h2-4,9H,5H2,1H3,(H,12,13)/t9-/m0/s1. The molecule has 0 spiro atoms. The van der Waals surface area contributed by atoms with Crippen molar-refractivity contribution in [2.45, 2.75) is 13.0 Å². The van der Waals surface area contributed by atoms with Crippen LogP contribution < -0.4 is 5.32 Å². The lowest BCUT2D eigenvalue weighted by Crippen LogP contribution is -2.19. The monoisotopic (exact) mass is 255 g/mol. The molecule has 0 aromatic heterocycles. The fourth-order valence-corrected chi connectivity index (χ4v) is 1.92. The third kappa shape index (κ3) is 1.75. The van der Waals surface area contributed by atoms with Crippen molar-refractivity contribution in [3.05, 3.63) is 33.8 Å². The zero-order valence-electron chi connectivity index (χ0n) is 7.71. The maximum atomic E-state index is 10.9. The highest BCUT2D eigenvalue weighted by Crippen LogP contribution is 2.24. The van der Waals surface area contributed by atoms with Gasteiger partial charge < -0.3 is 10.1 Å². The number of cyclic esters (lactones) is 1. The fourth-order valence-electron chi connectivity index (χ4n) is 1.54. The number of carbonyl (C=O) groups excluding carboxylic acids is 1. The van der Waals surface area contributed by atoms with Gasteiger partial charge in [0.1, 0.15) is 6.61 Å². The van der Waals surface area contributed by atoms with E-state index in [0.717, 1.165) is 15.6 Å². The van der Waals surface area contributed by atoms with Gasteiger partial charge in [-0.05, 0) is 30.2 Å². The topological polar surface area (TPSA) is 38.3 Å². The minimum absolute atomic E-state index is 0.0139. The molecule has 1 aromatic rings. The number of nitrogens with one attached hydrogen (secondary N) is 1. The number of aryl methyl sites for hydroxylation is 1. The second-order valence-electron chi connectivity index (χ2n) is 3.30. The molecule has 0 radical (unpaired) electrons. The Bertz CT molecular complexity index is 378. The van der Waals surface area contributed by atoms with Crippen LogP contribution in [-0.4, -0.2) is 12.7 Å². The first-order chi connectivity index (χ1) is 6.66. The molecule has 1 amide bonds. The van der Waals surface area contributed by atoms with Gasteiger partial charge in [0.15, 0.2) is 0 Å². The summed E-state index contributed by atoms with van der Waals surface area (Å²) < 4.78 is 5.86. The Morgan fingerprint density at radius 3 is 3.00 bits per heavy atom. The lowest BCUT2D eigenvalue weighted by Gasteiger charge is -2.11. The van der Waals surface area contributed by atoms with Gasteiger partial charge in [0.05, 0.1) is 6.04 Å². The van der Waals surface area contributed by atoms with E-state index in [1.165, 1.54) is 0 Å². The highest BCUT2D eigenvalue weighted by molar-refractivity contribution is 9.10. The molecule has 0 bridgehead atoms. The molecule has 4 heteroatoms. The summed E-state index contributed by atoms with van der Waals surface area (Å²) in [6, 6.07) is 6.00. The van der Waals surface area contributed by atoms with E-state index >= 15 is 0 Å². The summed E-state index contributed by atoms with van der Waals surface area (Å²) in [5.74, 6) is 0. The highest BCUT2D eigenvalue weighted by atomic mass is 79.9. The van der Waals surface area contributed by atoms with Crippen molar-refractivity contribution < 1.29 is 9.53 Å². The SMILES string of the molecule is Cc1ccc(Br)cc1[C@@H]1COC(=O)N1. The fraction of sp³-hybridized carbons (Fsp3) is 0.300. The van der Waals surface area contributed by atoms with Crippen molar-refractivity contribution in [1.82, 2.24) is 5.32 Å². The van der Waals surface area contributed by atoms with E-state index in [1.54, 1.807) is 0 Å². The summed E-state index contributed by atoms with van der Waals surface area (Å²) in [6.07, 6.45) is -0.339. The summed E-state index contributed by atoms with van der Waals surface area (Å²) >= 11 is 3.40. The van der Waals surface area contributed by atoms with Crippen molar-refractivity contribution >= 4 is 22.0 Å². The van der Waals surface area contributed by atoms with E-state index in [-0.39, 0.29) is 12.1 Å². The van der Waals surface area contributed by atoms with Crippen LogP contribution in [0, 0.1) is 6.92 Å². The maximum Gasteiger partial charge on any atom is 0.407 e. The van der Waals surface area contributed by atoms with Gasteiger partial charge in [0.2, 0.25) is 0 Å². The molecule has 1 atom stereocenters. The van der Waals surface area contributed by atoms with Crippen molar-refractivity contribution in [3.63, 3.8) is 0 Å². The minimum Gasteiger partial charge on any atom is -0.447 e. The van der Waals surface area contributed by atoms with Gasteiger partial charge in [-0.2, -0.15) is 0 Å². The number of hydrogen-bond donors (Lipinski definition) is 1. The quantitative estimate of drug-likeness (QED) is 0.838. The number of hydrogen-bond acceptors (Lipinski definition) is 2. The summed E-state index contributed by atoms with van der Waals surface area (Å²) in [7, 11) is 0. The average molecular weight is 256 g/mol. The lowest BCUT2D eigenvalue weighted by atomic mass is 10.0. The first-order valence-electron chi connectivity index (χ1n) is 4.36. The maximum absolute atomic E-state index is 10.9. The molecule has 1 fully saturated rings. The van der Waals surface area contributed by atoms with E-state index in [1.807, 2.05) is 25.1 Å². The third-order valence-electron chi connectivity index (χ3n) is 2.29. The molecule has 0 aliphatic carbocycles.